The SMILES string of the molecule is Cl.O=C(NCC1(c2ccccc2)CCC1)c1cn(C2CCNCC2)nn1. The lowest BCUT2D eigenvalue weighted by molar-refractivity contribution is 0.0922. The monoisotopic (exact) mass is 375 g/mol. The number of nitrogens with one attached hydrogen (secondary N) is 2. The zero-order chi connectivity index (χ0) is 17.1. The van der Waals surface area contributed by atoms with Crippen molar-refractivity contribution < 1.29 is 4.79 Å². The number of nitrogens with zero attached hydrogens (tertiary/aromatic N) is 3. The highest BCUT2D eigenvalue weighted by atomic mass is 35.5. The zero-order valence-electron chi connectivity index (χ0n) is 14.9. The molecular formula is C19H26ClN5O. The molecule has 1 aliphatic carbocycles. The van der Waals surface area contributed by atoms with Crippen LogP contribution in [-0.2, 0) is 5.41 Å². The van der Waals surface area contributed by atoms with Gasteiger partial charge in [0.15, 0.2) is 5.69 Å². The second-order valence-electron chi connectivity index (χ2n) is 7.25. The number of carbonyl (C=O) groups is 1. The van der Waals surface area contributed by atoms with Gasteiger partial charge in [0, 0.05) is 12.0 Å². The first-order chi connectivity index (χ1) is 12.3. The van der Waals surface area contributed by atoms with Gasteiger partial charge in [-0.15, -0.1) is 17.5 Å². The molecule has 0 radical (unpaired) electrons. The maximum atomic E-state index is 12.5. The number of piperidine rings is 1. The molecule has 2 N–H and O–H groups in total. The minimum absolute atomic E-state index is 0. The molecule has 1 saturated heterocycles. The van der Waals surface area contributed by atoms with Crippen LogP contribution < -0.4 is 10.6 Å². The van der Waals surface area contributed by atoms with Gasteiger partial charge in [0.1, 0.15) is 0 Å². The number of carbonyl (C=O) groups excluding carboxylic acids is 1. The molecule has 0 atom stereocenters. The maximum Gasteiger partial charge on any atom is 0.273 e. The molecule has 1 amide bonds. The Morgan fingerprint density at radius 2 is 1.96 bits per heavy atom. The van der Waals surface area contributed by atoms with Crippen molar-refractivity contribution in [2.75, 3.05) is 19.6 Å². The van der Waals surface area contributed by atoms with E-state index in [9.17, 15) is 4.79 Å². The van der Waals surface area contributed by atoms with Crippen molar-refractivity contribution >= 4 is 18.3 Å². The van der Waals surface area contributed by atoms with E-state index in [0.29, 0.717) is 18.3 Å². The van der Waals surface area contributed by atoms with Gasteiger partial charge in [-0.1, -0.05) is 42.0 Å². The fraction of sp³-hybridized carbons (Fsp3) is 0.526. The van der Waals surface area contributed by atoms with Crippen LogP contribution in [0.3, 0.4) is 0 Å². The molecule has 2 aliphatic rings. The Balaban J connectivity index is 0.00000196. The summed E-state index contributed by atoms with van der Waals surface area (Å²) in [6.45, 7) is 2.65. The molecule has 1 aliphatic heterocycles. The van der Waals surface area contributed by atoms with Crippen molar-refractivity contribution in [3.8, 4) is 0 Å². The molecule has 6 nitrogen and oxygen atoms in total. The fourth-order valence-corrected chi connectivity index (χ4v) is 3.93. The lowest BCUT2D eigenvalue weighted by atomic mass is 9.64. The van der Waals surface area contributed by atoms with Crippen LogP contribution in [0, 0.1) is 0 Å². The van der Waals surface area contributed by atoms with Crippen molar-refractivity contribution in [1.29, 1.82) is 0 Å². The fourth-order valence-electron chi connectivity index (χ4n) is 3.93. The van der Waals surface area contributed by atoms with E-state index < -0.39 is 0 Å². The van der Waals surface area contributed by atoms with E-state index in [-0.39, 0.29) is 23.7 Å². The zero-order valence-corrected chi connectivity index (χ0v) is 15.7. The van der Waals surface area contributed by atoms with Gasteiger partial charge in [-0.05, 0) is 44.3 Å². The average Bonchev–Trinajstić information content (AvgIpc) is 3.13. The Bertz CT molecular complexity index is 723. The van der Waals surface area contributed by atoms with Gasteiger partial charge in [-0.3, -0.25) is 4.79 Å². The number of rotatable bonds is 5. The van der Waals surface area contributed by atoms with Crippen LogP contribution in [0.1, 0.15) is 54.2 Å². The maximum absolute atomic E-state index is 12.5. The van der Waals surface area contributed by atoms with Crippen LogP contribution in [0.4, 0.5) is 0 Å². The Hall–Kier alpha value is -1.92. The highest BCUT2D eigenvalue weighted by Crippen LogP contribution is 2.43. The van der Waals surface area contributed by atoms with E-state index in [4.69, 9.17) is 0 Å². The Kier molecular flexibility index (Phi) is 5.94. The molecule has 1 aromatic heterocycles. The summed E-state index contributed by atoms with van der Waals surface area (Å²) in [5, 5.41) is 14.7. The predicted molar refractivity (Wildman–Crippen MR) is 103 cm³/mol. The van der Waals surface area contributed by atoms with Crippen molar-refractivity contribution in [3.05, 3.63) is 47.8 Å². The number of halogens is 1. The molecule has 4 rings (SSSR count). The number of hydrogen-bond donors (Lipinski definition) is 2. The third-order valence-corrected chi connectivity index (χ3v) is 5.71. The standard InChI is InChI=1S/C19H25N5O.ClH/c25-18(17-13-24(23-22-17)16-7-11-20-12-8-16)21-14-19(9-4-10-19)15-5-2-1-3-6-15;/h1-3,5-6,13,16,20H,4,7-12,14H2,(H,21,25);1H. The molecule has 7 heteroatoms. The second kappa shape index (κ2) is 8.18. The van der Waals surface area contributed by atoms with Gasteiger partial charge in [0.2, 0.25) is 0 Å². The van der Waals surface area contributed by atoms with Crippen molar-refractivity contribution in [2.24, 2.45) is 0 Å². The molecule has 0 spiro atoms. The van der Waals surface area contributed by atoms with Crippen LogP contribution in [0.15, 0.2) is 36.5 Å². The Morgan fingerprint density at radius 1 is 1.23 bits per heavy atom. The van der Waals surface area contributed by atoms with E-state index in [2.05, 4.69) is 45.2 Å². The third kappa shape index (κ3) is 3.76. The van der Waals surface area contributed by atoms with Gasteiger partial charge in [-0.25, -0.2) is 4.68 Å². The van der Waals surface area contributed by atoms with E-state index in [1.165, 1.54) is 12.0 Å². The van der Waals surface area contributed by atoms with Crippen LogP contribution in [-0.4, -0.2) is 40.5 Å². The van der Waals surface area contributed by atoms with E-state index >= 15 is 0 Å². The van der Waals surface area contributed by atoms with Gasteiger partial charge >= 0.3 is 0 Å². The van der Waals surface area contributed by atoms with Crippen molar-refractivity contribution in [1.82, 2.24) is 25.6 Å². The number of aromatic nitrogens is 3. The van der Waals surface area contributed by atoms with E-state index in [1.807, 2.05) is 10.7 Å². The minimum Gasteiger partial charge on any atom is -0.350 e. The molecule has 0 unspecified atom stereocenters. The van der Waals surface area contributed by atoms with Gasteiger partial charge < -0.3 is 10.6 Å². The summed E-state index contributed by atoms with van der Waals surface area (Å²) in [4.78, 5) is 12.5. The molecular weight excluding hydrogens is 350 g/mol. The number of hydrogen-bond acceptors (Lipinski definition) is 4. The summed E-state index contributed by atoms with van der Waals surface area (Å²) in [6.07, 6.45) is 7.32. The second-order valence-corrected chi connectivity index (χ2v) is 7.25. The van der Waals surface area contributed by atoms with E-state index in [1.54, 1.807) is 6.20 Å². The van der Waals surface area contributed by atoms with Crippen LogP contribution in [0.5, 0.6) is 0 Å². The molecule has 2 heterocycles. The summed E-state index contributed by atoms with van der Waals surface area (Å²) in [7, 11) is 0. The van der Waals surface area contributed by atoms with Gasteiger partial charge in [0.25, 0.3) is 5.91 Å². The van der Waals surface area contributed by atoms with Crippen LogP contribution in [0.2, 0.25) is 0 Å². The molecule has 2 fully saturated rings. The minimum atomic E-state index is -0.123. The van der Waals surface area contributed by atoms with Crippen LogP contribution in [0.25, 0.3) is 0 Å². The molecule has 140 valence electrons. The Labute approximate surface area is 160 Å². The first-order valence-corrected chi connectivity index (χ1v) is 9.23. The van der Waals surface area contributed by atoms with E-state index in [0.717, 1.165) is 38.8 Å². The molecule has 1 saturated carbocycles. The summed E-state index contributed by atoms with van der Waals surface area (Å²) in [5.74, 6) is -0.123. The van der Waals surface area contributed by atoms with Crippen LogP contribution >= 0.6 is 12.4 Å². The van der Waals surface area contributed by atoms with Crippen molar-refractivity contribution in [2.45, 2.75) is 43.6 Å². The summed E-state index contributed by atoms with van der Waals surface area (Å²) in [6, 6.07) is 10.9. The molecule has 2 aromatic rings. The lowest BCUT2D eigenvalue weighted by Gasteiger charge is -2.42. The smallest absolute Gasteiger partial charge is 0.273 e. The highest BCUT2D eigenvalue weighted by molar-refractivity contribution is 5.91. The quantitative estimate of drug-likeness (QED) is 0.842. The first-order valence-electron chi connectivity index (χ1n) is 9.23. The Morgan fingerprint density at radius 3 is 2.62 bits per heavy atom. The summed E-state index contributed by atoms with van der Waals surface area (Å²) < 4.78 is 1.85. The topological polar surface area (TPSA) is 71.8 Å². The number of benzene rings is 1. The molecule has 1 aromatic carbocycles. The summed E-state index contributed by atoms with van der Waals surface area (Å²) >= 11 is 0. The number of amides is 1. The van der Waals surface area contributed by atoms with Gasteiger partial charge in [-0.2, -0.15) is 0 Å². The third-order valence-electron chi connectivity index (χ3n) is 5.71. The lowest BCUT2D eigenvalue weighted by Crippen LogP contribution is -2.45. The molecule has 0 bridgehead atoms. The van der Waals surface area contributed by atoms with Crippen molar-refractivity contribution in [3.63, 3.8) is 0 Å². The average molecular weight is 376 g/mol. The predicted octanol–water partition coefficient (Wildman–Crippen LogP) is 2.48. The molecule has 26 heavy (non-hydrogen) atoms. The normalized spacial score (nSPS) is 19.2. The highest BCUT2D eigenvalue weighted by Gasteiger charge is 2.38. The first kappa shape index (κ1) is 18.9. The summed E-state index contributed by atoms with van der Waals surface area (Å²) in [5.41, 5.74) is 1.82. The largest absolute Gasteiger partial charge is 0.350 e. The van der Waals surface area contributed by atoms with Gasteiger partial charge in [0.05, 0.1) is 12.2 Å².